The van der Waals surface area contributed by atoms with E-state index < -0.39 is 4.49 Å². The fourth-order valence-corrected chi connectivity index (χ4v) is 0. The van der Waals surface area contributed by atoms with Gasteiger partial charge in [-0.25, -0.2) is 0 Å². The molecule has 5 heavy (non-hydrogen) atoms. The maximum atomic E-state index is 8.92. The fraction of sp³-hybridized carbons (Fsp3) is 0. The van der Waals surface area contributed by atoms with Crippen molar-refractivity contribution in [2.24, 2.45) is 0 Å². The third-order valence-electron chi connectivity index (χ3n) is 0. The van der Waals surface area contributed by atoms with Crippen LogP contribution in [0.1, 0.15) is 0 Å². The molecule has 0 aliphatic carbocycles. The highest BCUT2D eigenvalue weighted by Crippen LogP contribution is 1.92. The van der Waals surface area contributed by atoms with Crippen molar-refractivity contribution in [1.29, 1.82) is 0 Å². The van der Waals surface area contributed by atoms with Crippen LogP contribution in [0.25, 0.3) is 0 Å². The molecule has 0 aromatic rings. The van der Waals surface area contributed by atoms with Crippen molar-refractivity contribution in [3.05, 3.63) is 5.21 Å². The lowest BCUT2D eigenvalue weighted by Gasteiger charge is -2.09. The van der Waals surface area contributed by atoms with E-state index in [1.54, 1.807) is 0 Å². The Labute approximate surface area is 33.0 Å². The molecule has 0 fully saturated rings. The highest BCUT2D eigenvalue weighted by atomic mass is 35.5. The summed E-state index contributed by atoms with van der Waals surface area (Å²) >= 11 is 4.02. The van der Waals surface area contributed by atoms with Crippen LogP contribution in [0.3, 0.4) is 0 Å². The Bertz CT molecular complexity index is 22.4. The van der Waals surface area contributed by atoms with Gasteiger partial charge < -0.3 is 5.21 Å². The van der Waals surface area contributed by atoms with Gasteiger partial charge in [0.05, 0.1) is 0 Å². The van der Waals surface area contributed by atoms with Crippen molar-refractivity contribution in [2.45, 2.75) is 0 Å². The number of nitrogens with zero attached hydrogens (tertiary/aromatic N) is 1. The van der Waals surface area contributed by atoms with Crippen molar-refractivity contribution >= 4 is 11.8 Å². The van der Waals surface area contributed by atoms with Crippen molar-refractivity contribution < 1.29 is 14.9 Å². The van der Waals surface area contributed by atoms with E-state index in [4.69, 9.17) is 15.6 Å². The van der Waals surface area contributed by atoms with E-state index in [1.165, 1.54) is 0 Å². The van der Waals surface area contributed by atoms with E-state index in [-0.39, 0.29) is 0 Å². The fourth-order valence-electron chi connectivity index (χ4n) is 0. The monoisotopic (exact) mass is 99.0 g/mol. The molecule has 0 aromatic heterocycles. The number of hydrogen-bond donors (Lipinski definition) is 2. The first-order valence-corrected chi connectivity index (χ1v) is 1.09. The second-order valence-electron chi connectivity index (χ2n) is 0.473. The van der Waals surface area contributed by atoms with Crippen LogP contribution >= 0.6 is 11.8 Å². The summed E-state index contributed by atoms with van der Waals surface area (Å²) in [6, 6.07) is 0. The Balaban J connectivity index is 3.02. The van der Waals surface area contributed by atoms with E-state index in [0.29, 0.717) is 0 Å². The zero-order valence-corrected chi connectivity index (χ0v) is 2.88. The molecular weight excluding hydrogens is 97.5 g/mol. The van der Waals surface area contributed by atoms with Gasteiger partial charge >= 0.3 is 0 Å². The molecule has 0 spiro atoms. The Morgan fingerprint density at radius 2 is 1.60 bits per heavy atom. The van der Waals surface area contributed by atoms with Crippen molar-refractivity contribution in [1.82, 2.24) is 0 Å². The Morgan fingerprint density at radius 1 is 1.60 bits per heavy atom. The summed E-state index contributed by atoms with van der Waals surface area (Å²) in [6.45, 7) is 0. The molecule has 0 aliphatic heterocycles. The van der Waals surface area contributed by atoms with Crippen LogP contribution in [0, 0.1) is 5.21 Å². The summed E-state index contributed by atoms with van der Waals surface area (Å²) < 4.78 is -2.78. The zero-order chi connectivity index (χ0) is 4.50. The highest BCUT2D eigenvalue weighted by Gasteiger charge is 1.96. The molecule has 32 valence electrons. The molecule has 0 unspecified atom stereocenters. The van der Waals surface area contributed by atoms with E-state index in [0.717, 1.165) is 0 Å². The maximum absolute atomic E-state index is 8.92. The zero-order valence-electron chi connectivity index (χ0n) is 2.13. The molecule has 0 saturated heterocycles. The minimum atomic E-state index is -2.78. The summed E-state index contributed by atoms with van der Waals surface area (Å²) in [6.07, 6.45) is 0. The third-order valence-corrected chi connectivity index (χ3v) is 0. The largest absolute Gasteiger partial charge is 0.545 e. The second-order valence-corrected chi connectivity index (χ2v) is 0.913. The Hall–Kier alpha value is 0.130. The van der Waals surface area contributed by atoms with Crippen molar-refractivity contribution in [3.63, 3.8) is 0 Å². The minimum absolute atomic E-state index is 2.78. The molecule has 0 aromatic carbocycles. The van der Waals surface area contributed by atoms with Crippen LogP contribution in [0.5, 0.6) is 0 Å². The van der Waals surface area contributed by atoms with E-state index in [9.17, 15) is 0 Å². The van der Waals surface area contributed by atoms with Crippen molar-refractivity contribution in [2.75, 3.05) is 0 Å². The van der Waals surface area contributed by atoms with Gasteiger partial charge in [0.1, 0.15) is 0 Å². The van der Waals surface area contributed by atoms with Gasteiger partial charge in [-0.15, -0.1) is 0 Å². The van der Waals surface area contributed by atoms with Gasteiger partial charge in [-0.05, 0) is 0 Å². The SMILES string of the molecule is [O-][N+](O)(O)Cl. The number of halogens is 1. The molecule has 0 aliphatic rings. The average Bonchev–Trinajstić information content (AvgIpc) is 0.722. The molecule has 2 N–H and O–H groups in total. The topological polar surface area (TPSA) is 63.5 Å². The Kier molecular flexibility index (Phi) is 1.10. The summed E-state index contributed by atoms with van der Waals surface area (Å²) in [7, 11) is 0. The first-order chi connectivity index (χ1) is 2.00. The molecular formula is H2ClNO3. The number of quaternary nitrogens is 1. The van der Waals surface area contributed by atoms with Crippen LogP contribution in [-0.2, 0) is 0 Å². The molecule has 0 atom stereocenters. The predicted molar refractivity (Wildman–Crippen MR) is 13.1 cm³/mol. The van der Waals surface area contributed by atoms with Gasteiger partial charge in [-0.1, -0.05) is 0 Å². The molecule has 0 heterocycles. The first kappa shape index (κ1) is 5.13. The molecule has 5 heteroatoms. The molecule has 0 radical (unpaired) electrons. The van der Waals surface area contributed by atoms with E-state index in [1.807, 2.05) is 0 Å². The standard InChI is InChI=1S/ClH2NO3/c1-2(3,4)5/h3-4H. The van der Waals surface area contributed by atoms with Gasteiger partial charge in [0, 0.05) is 4.49 Å². The lowest BCUT2D eigenvalue weighted by Crippen LogP contribution is -2.19. The lowest BCUT2D eigenvalue weighted by molar-refractivity contribution is -1.13. The molecule has 0 saturated carbocycles. The molecule has 0 amide bonds. The minimum Gasteiger partial charge on any atom is -0.545 e. The van der Waals surface area contributed by atoms with Crippen LogP contribution in [0.2, 0.25) is 0 Å². The van der Waals surface area contributed by atoms with Crippen LogP contribution in [0.15, 0.2) is 0 Å². The van der Waals surface area contributed by atoms with E-state index in [2.05, 4.69) is 11.8 Å². The smallest absolute Gasteiger partial charge is 0.247 e. The molecule has 4 nitrogen and oxygen atoms in total. The van der Waals surface area contributed by atoms with Gasteiger partial charge in [0.15, 0.2) is 0 Å². The molecule has 0 rings (SSSR count). The van der Waals surface area contributed by atoms with Crippen LogP contribution in [-0.4, -0.2) is 14.9 Å². The van der Waals surface area contributed by atoms with Gasteiger partial charge in [-0.3, -0.25) is 0 Å². The highest BCUT2D eigenvalue weighted by molar-refractivity contribution is 6.05. The quantitative estimate of drug-likeness (QED) is 0.338. The summed E-state index contributed by atoms with van der Waals surface area (Å²) in [5.41, 5.74) is 0. The predicted octanol–water partition coefficient (Wildman–Crippen LogP) is 0.233. The maximum Gasteiger partial charge on any atom is 0.247 e. The average molecular weight is 99.5 g/mol. The van der Waals surface area contributed by atoms with Crippen LogP contribution in [0.4, 0.5) is 0 Å². The van der Waals surface area contributed by atoms with E-state index >= 15 is 0 Å². The van der Waals surface area contributed by atoms with Gasteiger partial charge in [-0.2, -0.15) is 10.4 Å². The first-order valence-electron chi connectivity index (χ1n) is 0.752. The summed E-state index contributed by atoms with van der Waals surface area (Å²) in [4.78, 5) is 0. The normalized spacial score (nSPS) is 12.0. The summed E-state index contributed by atoms with van der Waals surface area (Å²) in [5.74, 6) is 0. The number of hydrogen-bond acceptors (Lipinski definition) is 3. The second kappa shape index (κ2) is 1.08. The van der Waals surface area contributed by atoms with Crippen molar-refractivity contribution in [3.8, 4) is 0 Å². The number of rotatable bonds is 0. The Morgan fingerprint density at radius 3 is 1.60 bits per heavy atom. The van der Waals surface area contributed by atoms with Crippen LogP contribution < -0.4 is 0 Å². The van der Waals surface area contributed by atoms with Gasteiger partial charge in [0.25, 0.3) is 0 Å². The summed E-state index contributed by atoms with van der Waals surface area (Å²) in [5, 5.41) is 23.4. The molecule has 0 bridgehead atoms. The third kappa shape index (κ3) is 1110. The lowest BCUT2D eigenvalue weighted by atomic mass is 13.0. The van der Waals surface area contributed by atoms with Gasteiger partial charge in [0.2, 0.25) is 11.8 Å².